The zero-order valence-electron chi connectivity index (χ0n) is 11.7. The van der Waals surface area contributed by atoms with Gasteiger partial charge in [-0.25, -0.2) is 4.98 Å². The Bertz CT molecular complexity index is 459. The standard InChI is InChI=1S/C13H22N4O/c1-12(2)10(14)13(3,4)11(12)16-9(18)8-15-6-7-17(8)5/h6-7,10-11H,14H2,1-5H3,(H,16,18). The van der Waals surface area contributed by atoms with Crippen LogP contribution >= 0.6 is 0 Å². The van der Waals surface area contributed by atoms with Gasteiger partial charge in [-0.2, -0.15) is 0 Å². The molecule has 5 nitrogen and oxygen atoms in total. The smallest absolute Gasteiger partial charge is 0.287 e. The van der Waals surface area contributed by atoms with Crippen molar-refractivity contribution >= 4 is 5.91 Å². The van der Waals surface area contributed by atoms with Gasteiger partial charge < -0.3 is 15.6 Å². The summed E-state index contributed by atoms with van der Waals surface area (Å²) in [5.41, 5.74) is 5.99. The molecule has 0 aromatic carbocycles. The van der Waals surface area contributed by atoms with Gasteiger partial charge in [-0.3, -0.25) is 4.79 Å². The Labute approximate surface area is 108 Å². The zero-order valence-corrected chi connectivity index (χ0v) is 11.7. The number of hydrogen-bond acceptors (Lipinski definition) is 3. The number of amides is 1. The summed E-state index contributed by atoms with van der Waals surface area (Å²) in [4.78, 5) is 16.2. The van der Waals surface area contributed by atoms with Gasteiger partial charge in [-0.1, -0.05) is 27.7 Å². The monoisotopic (exact) mass is 250 g/mol. The molecule has 3 N–H and O–H groups in total. The fourth-order valence-electron chi connectivity index (χ4n) is 3.33. The molecule has 1 heterocycles. The minimum Gasteiger partial charge on any atom is -0.345 e. The molecule has 0 radical (unpaired) electrons. The molecule has 18 heavy (non-hydrogen) atoms. The van der Waals surface area contributed by atoms with Gasteiger partial charge in [0.1, 0.15) is 0 Å². The maximum absolute atomic E-state index is 12.2. The number of rotatable bonds is 2. The number of aryl methyl sites for hydroxylation is 1. The summed E-state index contributed by atoms with van der Waals surface area (Å²) in [6.07, 6.45) is 3.38. The maximum atomic E-state index is 12.2. The molecule has 0 atom stereocenters. The van der Waals surface area contributed by atoms with Crippen LogP contribution in [0.25, 0.3) is 0 Å². The molecule has 1 fully saturated rings. The number of nitrogens with two attached hydrogens (primary N) is 1. The molecule has 1 aromatic heterocycles. The average molecular weight is 250 g/mol. The van der Waals surface area contributed by atoms with E-state index in [1.54, 1.807) is 17.0 Å². The fourth-order valence-corrected chi connectivity index (χ4v) is 3.33. The minimum absolute atomic E-state index is 0.0594. The molecular weight excluding hydrogens is 228 g/mol. The third-order valence-corrected chi connectivity index (χ3v) is 4.39. The second kappa shape index (κ2) is 3.82. The van der Waals surface area contributed by atoms with E-state index < -0.39 is 0 Å². The second-order valence-electron chi connectivity index (χ2n) is 6.39. The Kier molecular flexibility index (Phi) is 2.77. The predicted molar refractivity (Wildman–Crippen MR) is 70.0 cm³/mol. The molecule has 0 unspecified atom stereocenters. The number of hydrogen-bond donors (Lipinski definition) is 2. The van der Waals surface area contributed by atoms with E-state index in [0.717, 1.165) is 0 Å². The van der Waals surface area contributed by atoms with Crippen molar-refractivity contribution < 1.29 is 4.79 Å². The highest BCUT2D eigenvalue weighted by molar-refractivity contribution is 5.91. The first-order chi connectivity index (χ1) is 8.19. The molecule has 1 aromatic rings. The SMILES string of the molecule is Cn1ccnc1C(=O)NC1C(C)(C)C(N)C1(C)C. The van der Waals surface area contributed by atoms with Crippen LogP contribution in [0.15, 0.2) is 12.4 Å². The van der Waals surface area contributed by atoms with Gasteiger partial charge in [0.2, 0.25) is 0 Å². The minimum atomic E-state index is -0.138. The molecule has 0 bridgehead atoms. The van der Waals surface area contributed by atoms with Gasteiger partial charge in [0.05, 0.1) is 0 Å². The van der Waals surface area contributed by atoms with E-state index in [-0.39, 0.29) is 28.8 Å². The van der Waals surface area contributed by atoms with Gasteiger partial charge in [0.25, 0.3) is 5.91 Å². The Balaban J connectivity index is 2.16. The first-order valence-corrected chi connectivity index (χ1v) is 6.22. The lowest BCUT2D eigenvalue weighted by Gasteiger charge is -2.62. The largest absolute Gasteiger partial charge is 0.345 e. The number of nitrogens with zero attached hydrogens (tertiary/aromatic N) is 2. The van der Waals surface area contributed by atoms with Crippen molar-refractivity contribution in [3.05, 3.63) is 18.2 Å². The van der Waals surface area contributed by atoms with Gasteiger partial charge >= 0.3 is 0 Å². The van der Waals surface area contributed by atoms with Crippen molar-refractivity contribution in [1.82, 2.24) is 14.9 Å². The topological polar surface area (TPSA) is 72.9 Å². The molecule has 0 spiro atoms. The summed E-state index contributed by atoms with van der Waals surface area (Å²) in [5.74, 6) is 0.294. The highest BCUT2D eigenvalue weighted by atomic mass is 16.2. The number of imidazole rings is 1. The number of carbonyl (C=O) groups is 1. The van der Waals surface area contributed by atoms with Crippen LogP contribution < -0.4 is 11.1 Å². The van der Waals surface area contributed by atoms with Crippen LogP contribution in [0.1, 0.15) is 38.3 Å². The summed E-state index contributed by atoms with van der Waals surface area (Å²) < 4.78 is 1.72. The van der Waals surface area contributed by atoms with Crippen LogP contribution in [0, 0.1) is 10.8 Å². The number of aromatic nitrogens is 2. The van der Waals surface area contributed by atoms with Crippen LogP contribution in [0.4, 0.5) is 0 Å². The Morgan fingerprint density at radius 1 is 1.39 bits per heavy atom. The van der Waals surface area contributed by atoms with Gasteiger partial charge in [0, 0.05) is 42.4 Å². The third kappa shape index (κ3) is 1.65. The van der Waals surface area contributed by atoms with Crippen molar-refractivity contribution in [3.8, 4) is 0 Å². The van der Waals surface area contributed by atoms with Gasteiger partial charge in [0.15, 0.2) is 5.82 Å². The van der Waals surface area contributed by atoms with Crippen LogP contribution in [0.3, 0.4) is 0 Å². The van der Waals surface area contributed by atoms with Gasteiger partial charge in [-0.05, 0) is 0 Å². The lowest BCUT2D eigenvalue weighted by atomic mass is 9.48. The second-order valence-corrected chi connectivity index (χ2v) is 6.39. The molecular formula is C13H22N4O. The maximum Gasteiger partial charge on any atom is 0.287 e. The van der Waals surface area contributed by atoms with Crippen molar-refractivity contribution in [3.63, 3.8) is 0 Å². The molecule has 100 valence electrons. The van der Waals surface area contributed by atoms with Crippen molar-refractivity contribution in [2.45, 2.75) is 39.8 Å². The van der Waals surface area contributed by atoms with E-state index in [1.807, 2.05) is 7.05 Å². The molecule has 0 aliphatic heterocycles. The molecule has 2 rings (SSSR count). The molecule has 0 saturated heterocycles. The highest BCUT2D eigenvalue weighted by Crippen LogP contribution is 2.52. The van der Waals surface area contributed by atoms with Crippen molar-refractivity contribution in [1.29, 1.82) is 0 Å². The quantitative estimate of drug-likeness (QED) is 0.819. The van der Waals surface area contributed by atoms with E-state index >= 15 is 0 Å². The lowest BCUT2D eigenvalue weighted by Crippen LogP contribution is -2.76. The lowest BCUT2D eigenvalue weighted by molar-refractivity contribution is -0.0665. The number of nitrogens with one attached hydrogen (secondary N) is 1. The Morgan fingerprint density at radius 2 is 1.94 bits per heavy atom. The Morgan fingerprint density at radius 3 is 2.39 bits per heavy atom. The van der Waals surface area contributed by atoms with Crippen molar-refractivity contribution in [2.75, 3.05) is 0 Å². The predicted octanol–water partition coefficient (Wildman–Crippen LogP) is 0.912. The van der Waals surface area contributed by atoms with Crippen LogP contribution in [0.5, 0.6) is 0 Å². The van der Waals surface area contributed by atoms with Crippen LogP contribution in [-0.2, 0) is 7.05 Å². The molecule has 1 aliphatic carbocycles. The van der Waals surface area contributed by atoms with Crippen molar-refractivity contribution in [2.24, 2.45) is 23.6 Å². The third-order valence-electron chi connectivity index (χ3n) is 4.39. The van der Waals surface area contributed by atoms with Crippen LogP contribution in [0.2, 0.25) is 0 Å². The van der Waals surface area contributed by atoms with E-state index in [4.69, 9.17) is 5.73 Å². The summed E-state index contributed by atoms with van der Waals surface area (Å²) in [5, 5.41) is 3.07. The van der Waals surface area contributed by atoms with E-state index in [2.05, 4.69) is 38.0 Å². The van der Waals surface area contributed by atoms with E-state index in [1.165, 1.54) is 0 Å². The summed E-state index contributed by atoms with van der Waals surface area (Å²) in [6, 6.07) is 0.140. The average Bonchev–Trinajstić information content (AvgIpc) is 2.70. The summed E-state index contributed by atoms with van der Waals surface area (Å²) in [6.45, 7) is 8.36. The molecule has 1 amide bonds. The molecule has 1 saturated carbocycles. The summed E-state index contributed by atoms with van der Waals surface area (Å²) in [7, 11) is 1.81. The van der Waals surface area contributed by atoms with Gasteiger partial charge in [-0.15, -0.1) is 0 Å². The van der Waals surface area contributed by atoms with E-state index in [9.17, 15) is 4.79 Å². The molecule has 5 heteroatoms. The zero-order chi connectivity index (χ0) is 13.7. The first-order valence-electron chi connectivity index (χ1n) is 6.22. The Hall–Kier alpha value is -1.36. The summed E-state index contributed by atoms with van der Waals surface area (Å²) >= 11 is 0. The normalized spacial score (nSPS) is 28.6. The van der Waals surface area contributed by atoms with E-state index in [0.29, 0.717) is 5.82 Å². The van der Waals surface area contributed by atoms with Crippen LogP contribution in [-0.4, -0.2) is 27.5 Å². The number of carbonyl (C=O) groups excluding carboxylic acids is 1. The fraction of sp³-hybridized carbons (Fsp3) is 0.692. The first kappa shape index (κ1) is 13.1. The highest BCUT2D eigenvalue weighted by Gasteiger charge is 2.60. The molecule has 1 aliphatic rings.